The molecule has 0 aliphatic heterocycles. The van der Waals surface area contributed by atoms with Gasteiger partial charge in [-0.25, -0.2) is 0 Å². The van der Waals surface area contributed by atoms with Crippen molar-refractivity contribution in [2.24, 2.45) is 5.73 Å². The zero-order chi connectivity index (χ0) is 9.90. The molecule has 0 fully saturated rings. The maximum Gasteiger partial charge on any atom is 0.151 e. The normalized spacial score (nSPS) is 11.7. The summed E-state index contributed by atoms with van der Waals surface area (Å²) >= 11 is 7.17. The zero-order valence-electron chi connectivity index (χ0n) is 7.62. The van der Waals surface area contributed by atoms with Crippen molar-refractivity contribution in [2.45, 2.75) is 24.4 Å². The van der Waals surface area contributed by atoms with Crippen molar-refractivity contribution in [3.63, 3.8) is 0 Å². The van der Waals surface area contributed by atoms with Crippen LogP contribution in [0.3, 0.4) is 0 Å². The van der Waals surface area contributed by atoms with Crippen molar-refractivity contribution in [3.05, 3.63) is 17.3 Å². The SMILES string of the molecule is CC(C)(N)CSc1ccc(Cl)nn1. The third kappa shape index (κ3) is 4.45. The van der Waals surface area contributed by atoms with Crippen LogP contribution in [0.5, 0.6) is 0 Å². The summed E-state index contributed by atoms with van der Waals surface area (Å²) in [6.45, 7) is 3.95. The van der Waals surface area contributed by atoms with Crippen molar-refractivity contribution in [3.8, 4) is 0 Å². The summed E-state index contributed by atoms with van der Waals surface area (Å²) in [7, 11) is 0. The van der Waals surface area contributed by atoms with Gasteiger partial charge in [-0.2, -0.15) is 0 Å². The lowest BCUT2D eigenvalue weighted by Crippen LogP contribution is -2.34. The van der Waals surface area contributed by atoms with Gasteiger partial charge in [0.1, 0.15) is 5.03 Å². The number of thioether (sulfide) groups is 1. The van der Waals surface area contributed by atoms with Crippen molar-refractivity contribution >= 4 is 23.4 Å². The molecule has 0 unspecified atom stereocenters. The van der Waals surface area contributed by atoms with E-state index in [-0.39, 0.29) is 5.54 Å². The second kappa shape index (κ2) is 4.26. The molecule has 0 bridgehead atoms. The van der Waals surface area contributed by atoms with Gasteiger partial charge in [0.05, 0.1) is 0 Å². The Labute approximate surface area is 87.1 Å². The summed E-state index contributed by atoms with van der Waals surface area (Å²) in [5.41, 5.74) is 5.63. The van der Waals surface area contributed by atoms with Gasteiger partial charge in [-0.1, -0.05) is 11.6 Å². The van der Waals surface area contributed by atoms with Gasteiger partial charge in [0, 0.05) is 11.3 Å². The molecule has 0 aliphatic carbocycles. The summed E-state index contributed by atoms with van der Waals surface area (Å²) in [6, 6.07) is 3.56. The molecule has 1 aromatic heterocycles. The van der Waals surface area contributed by atoms with Crippen LogP contribution in [-0.2, 0) is 0 Å². The van der Waals surface area contributed by atoms with E-state index < -0.39 is 0 Å². The van der Waals surface area contributed by atoms with Crippen LogP contribution >= 0.6 is 23.4 Å². The smallest absolute Gasteiger partial charge is 0.151 e. The minimum absolute atomic E-state index is 0.189. The van der Waals surface area contributed by atoms with E-state index >= 15 is 0 Å². The molecule has 0 atom stereocenters. The van der Waals surface area contributed by atoms with Gasteiger partial charge >= 0.3 is 0 Å². The van der Waals surface area contributed by atoms with Gasteiger partial charge in [-0.15, -0.1) is 22.0 Å². The van der Waals surface area contributed by atoms with Crippen LogP contribution in [0.25, 0.3) is 0 Å². The van der Waals surface area contributed by atoms with Crippen LogP contribution in [0.1, 0.15) is 13.8 Å². The summed E-state index contributed by atoms with van der Waals surface area (Å²) < 4.78 is 0. The molecule has 2 N–H and O–H groups in total. The van der Waals surface area contributed by atoms with Crippen molar-refractivity contribution in [1.29, 1.82) is 0 Å². The summed E-state index contributed by atoms with van der Waals surface area (Å²) in [6.07, 6.45) is 0. The van der Waals surface area contributed by atoms with Gasteiger partial charge in [0.15, 0.2) is 5.15 Å². The fourth-order valence-electron chi connectivity index (χ4n) is 0.641. The molecule has 3 nitrogen and oxygen atoms in total. The molecule has 0 aliphatic rings. The molecule has 5 heteroatoms. The lowest BCUT2D eigenvalue weighted by Gasteiger charge is -2.16. The Kier molecular flexibility index (Phi) is 3.53. The van der Waals surface area contributed by atoms with Crippen LogP contribution in [0.2, 0.25) is 5.15 Å². The van der Waals surface area contributed by atoms with Crippen LogP contribution < -0.4 is 5.73 Å². The van der Waals surface area contributed by atoms with Gasteiger partial charge in [0.2, 0.25) is 0 Å². The molecule has 0 aromatic carbocycles. The highest BCUT2D eigenvalue weighted by atomic mass is 35.5. The molecular weight excluding hydrogens is 206 g/mol. The average molecular weight is 218 g/mol. The summed E-state index contributed by atoms with van der Waals surface area (Å²) in [4.78, 5) is 0. The summed E-state index contributed by atoms with van der Waals surface area (Å²) in [5, 5.41) is 8.90. The largest absolute Gasteiger partial charge is 0.325 e. The number of aromatic nitrogens is 2. The molecule has 1 rings (SSSR count). The van der Waals surface area contributed by atoms with Crippen molar-refractivity contribution in [1.82, 2.24) is 10.2 Å². The first-order chi connectivity index (χ1) is 5.97. The fraction of sp³-hybridized carbons (Fsp3) is 0.500. The molecule has 0 amide bonds. The van der Waals surface area contributed by atoms with Crippen LogP contribution in [-0.4, -0.2) is 21.5 Å². The number of hydrogen-bond donors (Lipinski definition) is 1. The standard InChI is InChI=1S/C8H12ClN3S/c1-8(2,10)5-13-7-4-3-6(9)11-12-7/h3-4H,5,10H2,1-2H3. The second-order valence-electron chi connectivity index (χ2n) is 3.47. The lowest BCUT2D eigenvalue weighted by molar-refractivity contribution is 0.590. The third-order valence-electron chi connectivity index (χ3n) is 1.20. The Morgan fingerprint density at radius 3 is 2.62 bits per heavy atom. The topological polar surface area (TPSA) is 51.8 Å². The predicted molar refractivity (Wildman–Crippen MR) is 56.0 cm³/mol. The Morgan fingerprint density at radius 1 is 1.46 bits per heavy atom. The zero-order valence-corrected chi connectivity index (χ0v) is 9.19. The number of nitrogens with zero attached hydrogens (tertiary/aromatic N) is 2. The van der Waals surface area contributed by atoms with E-state index in [4.69, 9.17) is 17.3 Å². The van der Waals surface area contributed by atoms with E-state index in [0.29, 0.717) is 5.15 Å². The first-order valence-corrected chi connectivity index (χ1v) is 5.25. The first-order valence-electron chi connectivity index (χ1n) is 3.88. The van der Waals surface area contributed by atoms with Crippen LogP contribution in [0.4, 0.5) is 0 Å². The average Bonchev–Trinajstić information content (AvgIpc) is 2.02. The molecule has 0 saturated heterocycles. The van der Waals surface area contributed by atoms with Gasteiger partial charge in [0.25, 0.3) is 0 Å². The molecule has 0 saturated carbocycles. The Bertz CT molecular complexity index is 268. The molecule has 1 aromatic rings. The minimum atomic E-state index is -0.189. The monoisotopic (exact) mass is 217 g/mol. The highest BCUT2D eigenvalue weighted by Gasteiger charge is 2.11. The van der Waals surface area contributed by atoms with Crippen LogP contribution in [0, 0.1) is 0 Å². The predicted octanol–water partition coefficient (Wildman–Crippen LogP) is 1.96. The molecule has 1 heterocycles. The molecular formula is C8H12ClN3S. The summed E-state index contributed by atoms with van der Waals surface area (Å²) in [5.74, 6) is 0.809. The lowest BCUT2D eigenvalue weighted by atomic mass is 10.1. The van der Waals surface area contributed by atoms with E-state index in [0.717, 1.165) is 10.8 Å². The van der Waals surface area contributed by atoms with Crippen molar-refractivity contribution < 1.29 is 0 Å². The van der Waals surface area contributed by atoms with E-state index in [1.54, 1.807) is 17.8 Å². The van der Waals surface area contributed by atoms with Gasteiger partial charge in [-0.3, -0.25) is 0 Å². The number of nitrogens with two attached hydrogens (primary N) is 1. The number of rotatable bonds is 3. The van der Waals surface area contributed by atoms with E-state index in [1.807, 2.05) is 19.9 Å². The molecule has 0 spiro atoms. The Balaban J connectivity index is 2.51. The highest BCUT2D eigenvalue weighted by molar-refractivity contribution is 7.99. The van der Waals surface area contributed by atoms with Gasteiger partial charge in [-0.05, 0) is 26.0 Å². The second-order valence-corrected chi connectivity index (χ2v) is 4.85. The van der Waals surface area contributed by atoms with E-state index in [9.17, 15) is 0 Å². The van der Waals surface area contributed by atoms with Crippen molar-refractivity contribution in [2.75, 3.05) is 5.75 Å². The molecule has 0 radical (unpaired) electrons. The number of halogens is 1. The van der Waals surface area contributed by atoms with E-state index in [2.05, 4.69) is 10.2 Å². The highest BCUT2D eigenvalue weighted by Crippen LogP contribution is 2.19. The number of hydrogen-bond acceptors (Lipinski definition) is 4. The Hall–Kier alpha value is -0.320. The fourth-order valence-corrected chi connectivity index (χ4v) is 1.52. The quantitative estimate of drug-likeness (QED) is 0.787. The first kappa shape index (κ1) is 10.8. The minimum Gasteiger partial charge on any atom is -0.325 e. The maximum atomic E-state index is 5.82. The third-order valence-corrected chi connectivity index (χ3v) is 2.80. The Morgan fingerprint density at radius 2 is 2.15 bits per heavy atom. The van der Waals surface area contributed by atoms with Gasteiger partial charge < -0.3 is 5.73 Å². The molecule has 72 valence electrons. The van der Waals surface area contributed by atoms with E-state index in [1.165, 1.54) is 0 Å². The maximum absolute atomic E-state index is 5.82. The van der Waals surface area contributed by atoms with Crippen LogP contribution in [0.15, 0.2) is 17.2 Å². The molecule has 13 heavy (non-hydrogen) atoms.